The molecule has 0 fully saturated rings. The number of nitrogens with one attached hydrogen (secondary N) is 1. The topological polar surface area (TPSA) is 21.3 Å². The van der Waals surface area contributed by atoms with Gasteiger partial charge in [-0.05, 0) is 51.8 Å². The third-order valence-electron chi connectivity index (χ3n) is 3.59. The van der Waals surface area contributed by atoms with E-state index in [0.29, 0.717) is 6.04 Å². The average molecular weight is 304 g/mol. The van der Waals surface area contributed by atoms with E-state index in [4.69, 9.17) is 16.3 Å². The Kier molecular flexibility index (Phi) is 7.37. The molecule has 0 aliphatic rings. The van der Waals surface area contributed by atoms with Gasteiger partial charge in [-0.3, -0.25) is 0 Å². The fraction of sp³-hybridized carbons (Fsp3) is 0.733. The summed E-state index contributed by atoms with van der Waals surface area (Å²) < 4.78 is 6.89. The lowest BCUT2D eigenvalue weighted by Gasteiger charge is -2.37. The largest absolute Gasteiger partial charge is 0.374 e. The zero-order valence-electron chi connectivity index (χ0n) is 12.5. The van der Waals surface area contributed by atoms with Crippen molar-refractivity contribution >= 4 is 22.9 Å². The molecule has 2 atom stereocenters. The van der Waals surface area contributed by atoms with Crippen molar-refractivity contribution in [3.05, 3.63) is 21.3 Å². The Morgan fingerprint density at radius 3 is 2.58 bits per heavy atom. The minimum atomic E-state index is -0.125. The normalized spacial score (nSPS) is 16.3. The van der Waals surface area contributed by atoms with Gasteiger partial charge in [-0.15, -0.1) is 11.3 Å². The van der Waals surface area contributed by atoms with Crippen LogP contribution in [0.3, 0.4) is 0 Å². The molecule has 19 heavy (non-hydrogen) atoms. The van der Waals surface area contributed by atoms with Gasteiger partial charge in [0.05, 0.1) is 9.94 Å². The van der Waals surface area contributed by atoms with E-state index in [1.807, 2.05) is 6.07 Å². The van der Waals surface area contributed by atoms with Crippen molar-refractivity contribution in [1.82, 2.24) is 5.32 Å². The van der Waals surface area contributed by atoms with Crippen molar-refractivity contribution in [3.63, 3.8) is 0 Å². The quantitative estimate of drug-likeness (QED) is 0.724. The number of hydrogen-bond acceptors (Lipinski definition) is 3. The maximum absolute atomic E-state index is 6.03. The smallest absolute Gasteiger partial charge is 0.0931 e. The van der Waals surface area contributed by atoms with Gasteiger partial charge in [0.1, 0.15) is 0 Å². The average Bonchev–Trinajstić information content (AvgIpc) is 2.80. The summed E-state index contributed by atoms with van der Waals surface area (Å²) in [5.41, 5.74) is -0.125. The van der Waals surface area contributed by atoms with Crippen molar-refractivity contribution in [2.45, 2.75) is 58.6 Å². The predicted molar refractivity (Wildman–Crippen MR) is 85.4 cm³/mol. The molecule has 110 valence electrons. The van der Waals surface area contributed by atoms with Gasteiger partial charge < -0.3 is 10.1 Å². The van der Waals surface area contributed by atoms with Crippen LogP contribution in [0.1, 0.15) is 45.4 Å². The molecule has 0 saturated heterocycles. The van der Waals surface area contributed by atoms with E-state index in [1.54, 1.807) is 11.3 Å². The second-order valence-electron chi connectivity index (χ2n) is 5.02. The van der Waals surface area contributed by atoms with Gasteiger partial charge in [-0.1, -0.05) is 25.4 Å². The Bertz CT molecular complexity index is 369. The third-order valence-corrected chi connectivity index (χ3v) is 4.84. The second-order valence-corrected chi connectivity index (χ2v) is 6.82. The van der Waals surface area contributed by atoms with Crippen LogP contribution in [0.2, 0.25) is 4.34 Å². The van der Waals surface area contributed by atoms with E-state index >= 15 is 0 Å². The highest BCUT2D eigenvalue weighted by atomic mass is 35.5. The monoisotopic (exact) mass is 303 g/mol. The van der Waals surface area contributed by atoms with E-state index in [0.717, 1.165) is 36.8 Å². The summed E-state index contributed by atoms with van der Waals surface area (Å²) in [5.74, 6) is 0. The third kappa shape index (κ3) is 5.07. The lowest BCUT2D eigenvalue weighted by atomic mass is 9.90. The van der Waals surface area contributed by atoms with Crippen LogP contribution < -0.4 is 5.32 Å². The molecule has 0 aliphatic heterocycles. The molecule has 2 unspecified atom stereocenters. The van der Waals surface area contributed by atoms with Gasteiger partial charge in [0.2, 0.25) is 0 Å². The molecule has 0 aromatic carbocycles. The Morgan fingerprint density at radius 1 is 1.37 bits per heavy atom. The molecule has 1 rings (SSSR count). The molecular weight excluding hydrogens is 278 g/mol. The van der Waals surface area contributed by atoms with Crippen LogP contribution in [0, 0.1) is 0 Å². The van der Waals surface area contributed by atoms with Gasteiger partial charge in [0.25, 0.3) is 0 Å². The fourth-order valence-electron chi connectivity index (χ4n) is 2.26. The van der Waals surface area contributed by atoms with E-state index in [1.165, 1.54) is 4.88 Å². The summed E-state index contributed by atoms with van der Waals surface area (Å²) in [6, 6.07) is 4.42. The number of hydrogen-bond donors (Lipinski definition) is 1. The van der Waals surface area contributed by atoms with Gasteiger partial charge in [-0.25, -0.2) is 0 Å². The maximum atomic E-state index is 6.03. The minimum Gasteiger partial charge on any atom is -0.374 e. The predicted octanol–water partition coefficient (Wildman–Crippen LogP) is 4.52. The highest BCUT2D eigenvalue weighted by molar-refractivity contribution is 7.16. The first-order valence-corrected chi connectivity index (χ1v) is 8.36. The lowest BCUT2D eigenvalue weighted by Crippen LogP contribution is -2.51. The van der Waals surface area contributed by atoms with Crippen LogP contribution in [-0.4, -0.2) is 24.8 Å². The molecule has 2 nitrogen and oxygen atoms in total. The molecule has 0 bridgehead atoms. The number of thiophene rings is 1. The van der Waals surface area contributed by atoms with Crippen LogP contribution in [0.4, 0.5) is 0 Å². The highest BCUT2D eigenvalue weighted by Crippen LogP contribution is 2.28. The summed E-state index contributed by atoms with van der Waals surface area (Å²) in [6.07, 6.45) is 3.11. The van der Waals surface area contributed by atoms with Crippen molar-refractivity contribution in [3.8, 4) is 0 Å². The first kappa shape index (κ1) is 17.0. The molecule has 1 aromatic heterocycles. The van der Waals surface area contributed by atoms with E-state index in [-0.39, 0.29) is 5.60 Å². The van der Waals surface area contributed by atoms with Crippen LogP contribution in [-0.2, 0) is 11.2 Å². The Hall–Kier alpha value is -0.0900. The van der Waals surface area contributed by atoms with Gasteiger partial charge in [0, 0.05) is 17.5 Å². The van der Waals surface area contributed by atoms with Gasteiger partial charge in [0.15, 0.2) is 0 Å². The molecule has 0 spiro atoms. The molecule has 4 heteroatoms. The summed E-state index contributed by atoms with van der Waals surface area (Å²) in [4.78, 5) is 1.32. The number of rotatable bonds is 9. The molecule has 1 aromatic rings. The molecule has 0 aliphatic carbocycles. The fourth-order valence-corrected chi connectivity index (χ4v) is 3.40. The van der Waals surface area contributed by atoms with Crippen molar-refractivity contribution in [1.29, 1.82) is 0 Å². The van der Waals surface area contributed by atoms with E-state index < -0.39 is 0 Å². The maximum Gasteiger partial charge on any atom is 0.0931 e. The summed E-state index contributed by atoms with van der Waals surface area (Å²) in [7, 11) is 0. The Morgan fingerprint density at radius 2 is 2.11 bits per heavy atom. The standard InChI is InChI=1S/C15H26ClNOS/c1-5-10-17-13(15(4,6-2)18-7-3)11-12-8-9-14(16)19-12/h8-9,13,17H,5-7,10-11H2,1-4H3. The SMILES string of the molecule is CCCNC(Cc1ccc(Cl)s1)C(C)(CC)OCC. The van der Waals surface area contributed by atoms with Crippen LogP contribution in [0.15, 0.2) is 12.1 Å². The second kappa shape index (κ2) is 8.25. The summed E-state index contributed by atoms with van der Waals surface area (Å²) >= 11 is 7.69. The Balaban J connectivity index is 2.80. The van der Waals surface area contributed by atoms with Crippen LogP contribution >= 0.6 is 22.9 Å². The van der Waals surface area contributed by atoms with Gasteiger partial charge >= 0.3 is 0 Å². The summed E-state index contributed by atoms with van der Waals surface area (Å²) in [6.45, 7) is 10.4. The van der Waals surface area contributed by atoms with E-state index in [9.17, 15) is 0 Å². The Labute approximate surface area is 126 Å². The van der Waals surface area contributed by atoms with E-state index in [2.05, 4.69) is 39.1 Å². The van der Waals surface area contributed by atoms with Crippen molar-refractivity contribution in [2.24, 2.45) is 0 Å². The highest BCUT2D eigenvalue weighted by Gasteiger charge is 2.33. The first-order valence-electron chi connectivity index (χ1n) is 7.17. The number of ether oxygens (including phenoxy) is 1. The van der Waals surface area contributed by atoms with Crippen molar-refractivity contribution in [2.75, 3.05) is 13.2 Å². The lowest BCUT2D eigenvalue weighted by molar-refractivity contribution is -0.0548. The summed E-state index contributed by atoms with van der Waals surface area (Å²) in [5, 5.41) is 3.64. The number of halogens is 1. The molecule has 1 heterocycles. The van der Waals surface area contributed by atoms with Gasteiger partial charge in [-0.2, -0.15) is 0 Å². The molecular formula is C15H26ClNOS. The molecule has 0 amide bonds. The zero-order chi connectivity index (χ0) is 14.3. The zero-order valence-corrected chi connectivity index (χ0v) is 14.0. The first-order chi connectivity index (χ1) is 9.05. The minimum absolute atomic E-state index is 0.125. The molecule has 0 saturated carbocycles. The molecule has 0 radical (unpaired) electrons. The van der Waals surface area contributed by atoms with Crippen LogP contribution in [0.25, 0.3) is 0 Å². The van der Waals surface area contributed by atoms with Crippen molar-refractivity contribution < 1.29 is 4.74 Å². The van der Waals surface area contributed by atoms with Crippen LogP contribution in [0.5, 0.6) is 0 Å². The molecule has 1 N–H and O–H groups in total.